The van der Waals surface area contributed by atoms with Crippen LogP contribution in [0.5, 0.6) is 11.5 Å². The van der Waals surface area contributed by atoms with Crippen LogP contribution in [0.1, 0.15) is 63.8 Å². The summed E-state index contributed by atoms with van der Waals surface area (Å²) in [4.78, 5) is 0. The number of aryl methyl sites for hydroxylation is 2. The Balaban J connectivity index is 2.25. The molecule has 0 saturated heterocycles. The van der Waals surface area contributed by atoms with E-state index in [1.165, 1.54) is 22.3 Å². The van der Waals surface area contributed by atoms with E-state index in [9.17, 15) is 0 Å². The van der Waals surface area contributed by atoms with Gasteiger partial charge in [0.2, 0.25) is 0 Å². The molecule has 4 nitrogen and oxygen atoms in total. The van der Waals surface area contributed by atoms with E-state index < -0.39 is 0 Å². The average Bonchev–Trinajstić information content (AvgIpc) is 2.61. The lowest BCUT2D eigenvalue weighted by Gasteiger charge is -2.30. The van der Waals surface area contributed by atoms with Gasteiger partial charge in [-0.2, -0.15) is 0 Å². The summed E-state index contributed by atoms with van der Waals surface area (Å²) in [5, 5.41) is 0. The van der Waals surface area contributed by atoms with Gasteiger partial charge in [-0.25, -0.2) is 0 Å². The fraction of sp³-hybridized carbons (Fsp3) is 0.520. The molecule has 0 saturated carbocycles. The van der Waals surface area contributed by atoms with Gasteiger partial charge in [0.1, 0.15) is 11.5 Å². The van der Waals surface area contributed by atoms with E-state index in [0.29, 0.717) is 13.2 Å². The van der Waals surface area contributed by atoms with Crippen LogP contribution in [0.25, 0.3) is 0 Å². The first-order valence-electron chi connectivity index (χ1n) is 10.5. The minimum absolute atomic E-state index is 0.151. The number of rotatable bonds is 10. The van der Waals surface area contributed by atoms with Crippen LogP contribution in [0, 0.1) is 13.8 Å². The van der Waals surface area contributed by atoms with Crippen molar-refractivity contribution in [3.63, 3.8) is 0 Å². The molecular weight excluding hydrogens is 364 g/mol. The maximum atomic E-state index is 5.85. The van der Waals surface area contributed by atoms with Crippen molar-refractivity contribution >= 4 is 0 Å². The summed E-state index contributed by atoms with van der Waals surface area (Å²) in [6, 6.07) is 12.5. The summed E-state index contributed by atoms with van der Waals surface area (Å²) in [6.45, 7) is 17.8. The van der Waals surface area contributed by atoms with Crippen molar-refractivity contribution in [1.29, 1.82) is 0 Å². The molecular formula is C25H36O4. The van der Waals surface area contributed by atoms with E-state index in [0.717, 1.165) is 11.5 Å². The molecule has 4 heteroatoms. The van der Waals surface area contributed by atoms with E-state index in [1.54, 1.807) is 0 Å². The molecule has 0 N–H and O–H groups in total. The second kappa shape index (κ2) is 10.1. The summed E-state index contributed by atoms with van der Waals surface area (Å²) in [6.07, 6.45) is -0.515. The van der Waals surface area contributed by atoms with E-state index in [-0.39, 0.29) is 18.0 Å². The Morgan fingerprint density at radius 1 is 0.724 bits per heavy atom. The molecule has 160 valence electrons. The zero-order valence-corrected chi connectivity index (χ0v) is 19.2. The normalized spacial score (nSPS) is 13.8. The van der Waals surface area contributed by atoms with Gasteiger partial charge >= 0.3 is 0 Å². The SMILES string of the molecule is CCOC(C)Oc1ccc(C(C)(C)c2ccc(OC(C)OCC)cc2C)c(C)c1. The van der Waals surface area contributed by atoms with Crippen molar-refractivity contribution < 1.29 is 18.9 Å². The highest BCUT2D eigenvalue weighted by atomic mass is 16.7. The van der Waals surface area contributed by atoms with Crippen molar-refractivity contribution in [2.45, 2.75) is 73.4 Å². The lowest BCUT2D eigenvalue weighted by molar-refractivity contribution is -0.0616. The fourth-order valence-electron chi connectivity index (χ4n) is 3.89. The van der Waals surface area contributed by atoms with Crippen LogP contribution in [0.2, 0.25) is 0 Å². The molecule has 0 bridgehead atoms. The van der Waals surface area contributed by atoms with Crippen LogP contribution in [-0.4, -0.2) is 25.8 Å². The maximum absolute atomic E-state index is 5.85. The van der Waals surface area contributed by atoms with Crippen LogP contribution in [-0.2, 0) is 14.9 Å². The zero-order valence-electron chi connectivity index (χ0n) is 19.2. The Bertz CT molecular complexity index is 732. The standard InChI is InChI=1S/C25H36O4/c1-9-26-19(5)28-21-11-13-23(17(3)15-21)25(7,8)24-14-12-22(16-18(24)4)29-20(6)27-10-2/h11-16,19-20H,9-10H2,1-8H3. The molecule has 29 heavy (non-hydrogen) atoms. The smallest absolute Gasteiger partial charge is 0.196 e. The Morgan fingerprint density at radius 2 is 1.10 bits per heavy atom. The highest BCUT2D eigenvalue weighted by Gasteiger charge is 2.27. The van der Waals surface area contributed by atoms with Crippen LogP contribution >= 0.6 is 0 Å². The first-order valence-corrected chi connectivity index (χ1v) is 10.5. The summed E-state index contributed by atoms with van der Waals surface area (Å²) in [7, 11) is 0. The molecule has 2 aromatic rings. The maximum Gasteiger partial charge on any atom is 0.196 e. The predicted octanol–water partition coefficient (Wildman–Crippen LogP) is 6.15. The Labute approximate surface area is 176 Å². The van der Waals surface area contributed by atoms with E-state index >= 15 is 0 Å². The average molecular weight is 401 g/mol. The van der Waals surface area contributed by atoms with Crippen molar-refractivity contribution in [2.75, 3.05) is 13.2 Å². The minimum atomic E-state index is -0.257. The Kier molecular flexibility index (Phi) is 8.12. The van der Waals surface area contributed by atoms with Gasteiger partial charge < -0.3 is 18.9 Å². The van der Waals surface area contributed by atoms with Gasteiger partial charge in [-0.05, 0) is 88.1 Å². The molecule has 2 unspecified atom stereocenters. The van der Waals surface area contributed by atoms with Gasteiger partial charge in [-0.1, -0.05) is 26.0 Å². The number of hydrogen-bond acceptors (Lipinski definition) is 4. The lowest BCUT2D eigenvalue weighted by Crippen LogP contribution is -2.22. The van der Waals surface area contributed by atoms with Gasteiger partial charge in [-0.3, -0.25) is 0 Å². The molecule has 0 amide bonds. The highest BCUT2D eigenvalue weighted by molar-refractivity contribution is 5.49. The lowest BCUT2D eigenvalue weighted by atomic mass is 9.74. The molecule has 2 aromatic carbocycles. The van der Waals surface area contributed by atoms with Crippen LogP contribution < -0.4 is 9.47 Å². The Morgan fingerprint density at radius 3 is 1.41 bits per heavy atom. The molecule has 0 aromatic heterocycles. The third kappa shape index (κ3) is 5.97. The van der Waals surface area contributed by atoms with Gasteiger partial charge in [0.25, 0.3) is 0 Å². The zero-order chi connectivity index (χ0) is 21.6. The van der Waals surface area contributed by atoms with Crippen molar-refractivity contribution in [3.05, 3.63) is 58.7 Å². The molecule has 2 atom stereocenters. The molecule has 0 radical (unpaired) electrons. The quantitative estimate of drug-likeness (QED) is 0.448. The number of benzene rings is 2. The number of ether oxygens (including phenoxy) is 4. The first-order chi connectivity index (χ1) is 13.7. The summed E-state index contributed by atoms with van der Waals surface area (Å²) in [5.41, 5.74) is 4.78. The summed E-state index contributed by atoms with van der Waals surface area (Å²) < 4.78 is 22.7. The fourth-order valence-corrected chi connectivity index (χ4v) is 3.89. The molecule has 0 aliphatic heterocycles. The van der Waals surface area contributed by atoms with Gasteiger partial charge in [-0.15, -0.1) is 0 Å². The second-order valence-corrected chi connectivity index (χ2v) is 7.86. The minimum Gasteiger partial charge on any atom is -0.465 e. The molecule has 2 rings (SSSR count). The molecule has 0 aliphatic carbocycles. The topological polar surface area (TPSA) is 36.9 Å². The van der Waals surface area contributed by atoms with E-state index in [1.807, 2.05) is 39.8 Å². The van der Waals surface area contributed by atoms with Gasteiger partial charge in [0, 0.05) is 18.6 Å². The molecule has 0 heterocycles. The van der Waals surface area contributed by atoms with Crippen molar-refractivity contribution in [2.24, 2.45) is 0 Å². The van der Waals surface area contributed by atoms with E-state index in [2.05, 4.69) is 52.0 Å². The Hall–Kier alpha value is -2.04. The third-order valence-electron chi connectivity index (χ3n) is 5.15. The molecule has 0 aliphatic rings. The largest absolute Gasteiger partial charge is 0.465 e. The predicted molar refractivity (Wildman–Crippen MR) is 118 cm³/mol. The first kappa shape index (κ1) is 23.2. The molecule has 0 spiro atoms. The highest BCUT2D eigenvalue weighted by Crippen LogP contribution is 2.37. The van der Waals surface area contributed by atoms with E-state index in [4.69, 9.17) is 18.9 Å². The monoisotopic (exact) mass is 400 g/mol. The summed E-state index contributed by atoms with van der Waals surface area (Å²) in [5.74, 6) is 1.65. The number of hydrogen-bond donors (Lipinski definition) is 0. The molecule has 0 fully saturated rings. The second-order valence-electron chi connectivity index (χ2n) is 7.86. The van der Waals surface area contributed by atoms with Crippen LogP contribution in [0.15, 0.2) is 36.4 Å². The van der Waals surface area contributed by atoms with Gasteiger partial charge in [0.05, 0.1) is 0 Å². The van der Waals surface area contributed by atoms with Crippen molar-refractivity contribution in [3.8, 4) is 11.5 Å². The van der Waals surface area contributed by atoms with Crippen LogP contribution in [0.4, 0.5) is 0 Å². The third-order valence-corrected chi connectivity index (χ3v) is 5.15. The summed E-state index contributed by atoms with van der Waals surface area (Å²) >= 11 is 0. The van der Waals surface area contributed by atoms with Gasteiger partial charge in [0.15, 0.2) is 12.6 Å². The van der Waals surface area contributed by atoms with Crippen molar-refractivity contribution in [1.82, 2.24) is 0 Å². The van der Waals surface area contributed by atoms with Crippen LogP contribution in [0.3, 0.4) is 0 Å².